The van der Waals surface area contributed by atoms with E-state index in [1.54, 1.807) is 0 Å². The molecule has 10 aromatic carbocycles. The van der Waals surface area contributed by atoms with Crippen LogP contribution < -0.4 is 4.90 Å². The molecule has 1 heterocycles. The molecule has 60 heavy (non-hydrogen) atoms. The fourth-order valence-corrected chi connectivity index (χ4v) is 8.87. The van der Waals surface area contributed by atoms with Crippen molar-refractivity contribution in [3.05, 3.63) is 243 Å². The number of para-hydroxylation sites is 4. The lowest BCUT2D eigenvalue weighted by atomic mass is 9.95. The van der Waals surface area contributed by atoms with E-state index in [1.807, 2.05) is 0 Å². The molecule has 0 amide bonds. The van der Waals surface area contributed by atoms with Gasteiger partial charge in [0.15, 0.2) is 0 Å². The Hall–Kier alpha value is -7.94. The van der Waals surface area contributed by atoms with Crippen molar-refractivity contribution in [2.24, 2.45) is 0 Å². The monoisotopic (exact) mass is 764 g/mol. The second-order valence-corrected chi connectivity index (χ2v) is 15.3. The Balaban J connectivity index is 1.01. The summed E-state index contributed by atoms with van der Waals surface area (Å²) in [6.45, 7) is 0. The maximum Gasteiger partial charge on any atom is 0.0541 e. The van der Waals surface area contributed by atoms with Gasteiger partial charge in [0.25, 0.3) is 0 Å². The molecule has 0 fully saturated rings. The zero-order valence-corrected chi connectivity index (χ0v) is 33.0. The normalized spacial score (nSPS) is 11.3. The molecule has 0 bridgehead atoms. The van der Waals surface area contributed by atoms with E-state index in [2.05, 4.69) is 252 Å². The van der Waals surface area contributed by atoms with Crippen molar-refractivity contribution in [3.63, 3.8) is 0 Å². The molecule has 0 saturated heterocycles. The molecule has 0 atom stereocenters. The maximum atomic E-state index is 2.42. The number of hydrogen-bond donors (Lipinski definition) is 0. The molecule has 1 aromatic heterocycles. The highest BCUT2D eigenvalue weighted by Crippen LogP contribution is 2.44. The van der Waals surface area contributed by atoms with Gasteiger partial charge in [0.1, 0.15) is 0 Å². The average Bonchev–Trinajstić information content (AvgIpc) is 3.67. The second kappa shape index (κ2) is 15.1. The van der Waals surface area contributed by atoms with Crippen LogP contribution in [0.15, 0.2) is 243 Å². The van der Waals surface area contributed by atoms with Crippen LogP contribution in [0.3, 0.4) is 0 Å². The van der Waals surface area contributed by atoms with Crippen LogP contribution in [0.2, 0.25) is 0 Å². The first kappa shape index (κ1) is 35.2. The van der Waals surface area contributed by atoms with Gasteiger partial charge in [-0.25, -0.2) is 0 Å². The van der Waals surface area contributed by atoms with Gasteiger partial charge in [-0.05, 0) is 105 Å². The van der Waals surface area contributed by atoms with Crippen LogP contribution in [0, 0.1) is 0 Å². The minimum atomic E-state index is 1.09. The molecule has 0 aliphatic rings. The largest absolute Gasteiger partial charge is 0.310 e. The standard InChI is InChI=1S/C58H40N2/c1-3-16-45(17-4-1)54-40-48(51-21-9-12-24-55(51)60-56-25-13-10-22-52(56)53-23-11-14-26-57(53)60)35-38-58(54)59(49-19-5-2-6-20-49)50-36-33-43(34-37-50)42-27-29-44(30-28-42)47-32-31-41-15-7-8-18-46(41)39-47/h1-40H. The topological polar surface area (TPSA) is 8.17 Å². The molecular formula is C58H40N2. The van der Waals surface area contributed by atoms with Gasteiger partial charge in [0.2, 0.25) is 0 Å². The van der Waals surface area contributed by atoms with Gasteiger partial charge < -0.3 is 9.47 Å². The molecule has 2 heteroatoms. The summed E-state index contributed by atoms with van der Waals surface area (Å²) in [5.41, 5.74) is 16.3. The number of nitrogens with zero attached hydrogens (tertiary/aromatic N) is 2. The second-order valence-electron chi connectivity index (χ2n) is 15.3. The summed E-state index contributed by atoms with van der Waals surface area (Å²) >= 11 is 0. The summed E-state index contributed by atoms with van der Waals surface area (Å²) in [5.74, 6) is 0. The Morgan fingerprint density at radius 2 is 0.783 bits per heavy atom. The van der Waals surface area contributed by atoms with Gasteiger partial charge in [0, 0.05) is 33.3 Å². The van der Waals surface area contributed by atoms with E-state index in [4.69, 9.17) is 0 Å². The van der Waals surface area contributed by atoms with Gasteiger partial charge in [-0.2, -0.15) is 0 Å². The highest BCUT2D eigenvalue weighted by atomic mass is 15.1. The van der Waals surface area contributed by atoms with Crippen molar-refractivity contribution in [1.82, 2.24) is 4.57 Å². The molecule has 0 spiro atoms. The van der Waals surface area contributed by atoms with Crippen LogP contribution in [0.25, 0.3) is 82.8 Å². The smallest absolute Gasteiger partial charge is 0.0541 e. The van der Waals surface area contributed by atoms with Gasteiger partial charge in [-0.1, -0.05) is 182 Å². The predicted molar refractivity (Wildman–Crippen MR) is 255 cm³/mol. The van der Waals surface area contributed by atoms with Crippen LogP contribution >= 0.6 is 0 Å². The number of benzene rings is 10. The molecule has 0 aliphatic carbocycles. The van der Waals surface area contributed by atoms with Crippen LogP contribution in [-0.4, -0.2) is 4.57 Å². The minimum Gasteiger partial charge on any atom is -0.310 e. The molecule has 0 radical (unpaired) electrons. The summed E-state index contributed by atoms with van der Waals surface area (Å²) in [6.07, 6.45) is 0. The first-order valence-electron chi connectivity index (χ1n) is 20.6. The number of aromatic nitrogens is 1. The minimum absolute atomic E-state index is 1.09. The number of hydrogen-bond acceptors (Lipinski definition) is 1. The predicted octanol–water partition coefficient (Wildman–Crippen LogP) is 16.1. The van der Waals surface area contributed by atoms with Crippen molar-refractivity contribution in [2.45, 2.75) is 0 Å². The summed E-state index contributed by atoms with van der Waals surface area (Å²) in [4.78, 5) is 2.39. The third-order valence-electron chi connectivity index (χ3n) is 11.8. The molecule has 0 unspecified atom stereocenters. The van der Waals surface area contributed by atoms with Gasteiger partial charge >= 0.3 is 0 Å². The van der Waals surface area contributed by atoms with Crippen molar-refractivity contribution in [1.29, 1.82) is 0 Å². The average molecular weight is 765 g/mol. The van der Waals surface area contributed by atoms with Crippen molar-refractivity contribution >= 4 is 49.6 Å². The number of rotatable bonds is 8. The Morgan fingerprint density at radius 1 is 0.283 bits per heavy atom. The van der Waals surface area contributed by atoms with E-state index in [-0.39, 0.29) is 0 Å². The SMILES string of the molecule is c1ccc(-c2cc(-c3ccccc3-n3c4ccccc4c4ccccc43)ccc2N(c2ccccc2)c2ccc(-c3ccc(-c4ccc5ccccc5c4)cc3)cc2)cc1. The zero-order chi connectivity index (χ0) is 39.8. The first-order valence-corrected chi connectivity index (χ1v) is 20.6. The molecule has 0 saturated carbocycles. The zero-order valence-electron chi connectivity index (χ0n) is 33.0. The Labute approximate surface area is 350 Å². The lowest BCUT2D eigenvalue weighted by Gasteiger charge is -2.28. The molecule has 11 rings (SSSR count). The lowest BCUT2D eigenvalue weighted by Crippen LogP contribution is -2.11. The Bertz CT molecular complexity index is 3240. The third-order valence-corrected chi connectivity index (χ3v) is 11.8. The van der Waals surface area contributed by atoms with Crippen LogP contribution in [-0.2, 0) is 0 Å². The van der Waals surface area contributed by atoms with Gasteiger partial charge in [-0.15, -0.1) is 0 Å². The van der Waals surface area contributed by atoms with Crippen LogP contribution in [0.1, 0.15) is 0 Å². The van der Waals surface area contributed by atoms with E-state index in [0.717, 1.165) is 39.4 Å². The van der Waals surface area contributed by atoms with E-state index in [1.165, 1.54) is 60.4 Å². The molecule has 0 N–H and O–H groups in total. The lowest BCUT2D eigenvalue weighted by molar-refractivity contribution is 1.18. The van der Waals surface area contributed by atoms with E-state index < -0.39 is 0 Å². The van der Waals surface area contributed by atoms with E-state index >= 15 is 0 Å². The quantitative estimate of drug-likeness (QED) is 0.150. The van der Waals surface area contributed by atoms with E-state index in [0.29, 0.717) is 0 Å². The molecule has 11 aromatic rings. The Morgan fingerprint density at radius 3 is 1.48 bits per heavy atom. The van der Waals surface area contributed by atoms with E-state index in [9.17, 15) is 0 Å². The third kappa shape index (κ3) is 6.32. The maximum absolute atomic E-state index is 2.42. The molecule has 2 nitrogen and oxygen atoms in total. The summed E-state index contributed by atoms with van der Waals surface area (Å²) in [5, 5.41) is 5.03. The Kier molecular flexibility index (Phi) is 8.87. The summed E-state index contributed by atoms with van der Waals surface area (Å²) in [7, 11) is 0. The van der Waals surface area contributed by atoms with Crippen molar-refractivity contribution < 1.29 is 0 Å². The first-order chi connectivity index (χ1) is 29.8. The fourth-order valence-electron chi connectivity index (χ4n) is 8.87. The highest BCUT2D eigenvalue weighted by molar-refractivity contribution is 6.10. The molecule has 0 aliphatic heterocycles. The highest BCUT2D eigenvalue weighted by Gasteiger charge is 2.20. The molecule has 282 valence electrons. The fraction of sp³-hybridized carbons (Fsp3) is 0. The van der Waals surface area contributed by atoms with Gasteiger partial charge in [0.05, 0.1) is 22.4 Å². The summed E-state index contributed by atoms with van der Waals surface area (Å²) in [6, 6.07) is 87.9. The van der Waals surface area contributed by atoms with Crippen molar-refractivity contribution in [3.8, 4) is 50.2 Å². The molecular weight excluding hydrogens is 725 g/mol. The van der Waals surface area contributed by atoms with Crippen LogP contribution in [0.4, 0.5) is 17.1 Å². The summed E-state index contributed by atoms with van der Waals surface area (Å²) < 4.78 is 2.42. The number of fused-ring (bicyclic) bond motifs is 4. The number of anilines is 3. The van der Waals surface area contributed by atoms with Crippen molar-refractivity contribution in [2.75, 3.05) is 4.90 Å². The van der Waals surface area contributed by atoms with Gasteiger partial charge in [-0.3, -0.25) is 0 Å². The van der Waals surface area contributed by atoms with Crippen LogP contribution in [0.5, 0.6) is 0 Å².